The lowest BCUT2D eigenvalue weighted by Gasteiger charge is -2.28. The average Bonchev–Trinajstić information content (AvgIpc) is 2.76. The van der Waals surface area contributed by atoms with E-state index in [0.29, 0.717) is 42.1 Å². The number of halogens is 1. The van der Waals surface area contributed by atoms with Crippen LogP contribution < -0.4 is 4.74 Å². The van der Waals surface area contributed by atoms with Gasteiger partial charge in [-0.3, -0.25) is 9.59 Å². The van der Waals surface area contributed by atoms with Gasteiger partial charge in [0.25, 0.3) is 5.91 Å². The van der Waals surface area contributed by atoms with Crippen molar-refractivity contribution < 1.29 is 26.6 Å². The number of amides is 1. The number of aliphatic carboxylic acids is 1. The number of rotatable bonds is 13. The molecule has 2 rings (SSSR count). The third-order valence-electron chi connectivity index (χ3n) is 4.48. The largest absolute Gasteiger partial charge is 0.493 e. The Morgan fingerprint density at radius 1 is 1.13 bits per heavy atom. The van der Waals surface area contributed by atoms with Crippen LogP contribution in [0.2, 0.25) is 0 Å². The first-order valence-electron chi connectivity index (χ1n) is 11.2. The summed E-state index contributed by atoms with van der Waals surface area (Å²) >= 11 is 1.02. The summed E-state index contributed by atoms with van der Waals surface area (Å²) in [6, 6.07) is 12.1. The number of unbranched alkanes of at least 4 members (excludes halogenated alkanes) is 2. The molecule has 0 aromatic heterocycles. The molecule has 0 aliphatic heterocycles. The SMILES string of the molecule is [2H]C([2H])(c1ccccc1OCCCCCC(=O)O)N(C(=O)c1ccc(SCF)cc1)C(C)C. The van der Waals surface area contributed by atoms with Crippen LogP contribution in [0.3, 0.4) is 0 Å². The van der Waals surface area contributed by atoms with Crippen molar-refractivity contribution in [3.05, 3.63) is 59.7 Å². The fourth-order valence-corrected chi connectivity index (χ4v) is 3.32. The smallest absolute Gasteiger partial charge is 0.303 e. The van der Waals surface area contributed by atoms with Crippen molar-refractivity contribution in [3.63, 3.8) is 0 Å². The van der Waals surface area contributed by atoms with Gasteiger partial charge in [0.05, 0.1) is 9.35 Å². The van der Waals surface area contributed by atoms with Crippen LogP contribution in [0.4, 0.5) is 4.39 Å². The molecule has 5 nitrogen and oxygen atoms in total. The number of carboxylic acids is 1. The van der Waals surface area contributed by atoms with Crippen LogP contribution in [-0.4, -0.2) is 40.5 Å². The van der Waals surface area contributed by atoms with Crippen molar-refractivity contribution >= 4 is 23.6 Å². The Kier molecular flexibility index (Phi) is 9.09. The molecule has 0 saturated carbocycles. The van der Waals surface area contributed by atoms with Crippen LogP contribution >= 0.6 is 11.8 Å². The summed E-state index contributed by atoms with van der Waals surface area (Å²) in [6.07, 6.45) is 1.99. The number of hydrogen-bond donors (Lipinski definition) is 1. The van der Waals surface area contributed by atoms with E-state index < -0.39 is 30.4 Å². The monoisotopic (exact) mass is 449 g/mol. The topological polar surface area (TPSA) is 66.8 Å². The van der Waals surface area contributed by atoms with E-state index in [9.17, 15) is 14.0 Å². The molecule has 0 unspecified atom stereocenters. The Labute approximate surface area is 190 Å². The fourth-order valence-electron chi connectivity index (χ4n) is 2.86. The summed E-state index contributed by atoms with van der Waals surface area (Å²) in [5.41, 5.74) is 0.551. The zero-order chi connectivity index (χ0) is 24.4. The lowest BCUT2D eigenvalue weighted by Crippen LogP contribution is -2.36. The van der Waals surface area contributed by atoms with Gasteiger partial charge in [0.2, 0.25) is 0 Å². The molecule has 7 heteroatoms. The molecule has 0 atom stereocenters. The summed E-state index contributed by atoms with van der Waals surface area (Å²) in [4.78, 5) is 25.8. The van der Waals surface area contributed by atoms with Gasteiger partial charge in [0.1, 0.15) is 11.8 Å². The molecule has 0 aliphatic rings. The summed E-state index contributed by atoms with van der Waals surface area (Å²) in [5, 5.41) is 8.71. The van der Waals surface area contributed by atoms with Gasteiger partial charge < -0.3 is 14.7 Å². The number of hydrogen-bond acceptors (Lipinski definition) is 4. The van der Waals surface area contributed by atoms with E-state index in [1.807, 2.05) is 0 Å². The van der Waals surface area contributed by atoms with Crippen molar-refractivity contribution in [1.29, 1.82) is 0 Å². The fraction of sp³-hybridized carbons (Fsp3) is 0.417. The number of carboxylic acid groups (broad SMARTS) is 1. The highest BCUT2D eigenvalue weighted by molar-refractivity contribution is 7.99. The van der Waals surface area contributed by atoms with Gasteiger partial charge >= 0.3 is 5.97 Å². The molecule has 168 valence electrons. The second kappa shape index (κ2) is 13.0. The number of nitrogens with zero attached hydrogens (tertiary/aromatic N) is 1. The highest BCUT2D eigenvalue weighted by Gasteiger charge is 2.20. The minimum Gasteiger partial charge on any atom is -0.493 e. The predicted octanol–water partition coefficient (Wildman–Crippen LogP) is 5.78. The molecule has 2 aromatic rings. The number of benzene rings is 2. The quantitative estimate of drug-likeness (QED) is 0.310. The minimum atomic E-state index is -2.16. The third kappa shape index (κ3) is 8.25. The van der Waals surface area contributed by atoms with E-state index in [2.05, 4.69) is 0 Å². The van der Waals surface area contributed by atoms with Gasteiger partial charge in [0, 0.05) is 35.0 Å². The Morgan fingerprint density at radius 2 is 1.84 bits per heavy atom. The molecular formula is C24H30FNO4S. The zero-order valence-corrected chi connectivity index (χ0v) is 18.7. The summed E-state index contributed by atoms with van der Waals surface area (Å²) in [5.74, 6) is -0.965. The van der Waals surface area contributed by atoms with Crippen molar-refractivity contribution in [2.24, 2.45) is 0 Å². The number of ether oxygens (including phenoxy) is 1. The summed E-state index contributed by atoms with van der Waals surface area (Å²) in [7, 11) is 0. The molecule has 0 bridgehead atoms. The van der Waals surface area contributed by atoms with Gasteiger partial charge in [-0.1, -0.05) is 30.0 Å². The molecule has 1 N–H and O–H groups in total. The van der Waals surface area contributed by atoms with Crippen molar-refractivity contribution in [2.75, 3.05) is 12.6 Å². The van der Waals surface area contributed by atoms with Crippen LogP contribution in [0, 0.1) is 0 Å². The third-order valence-corrected chi connectivity index (χ3v) is 5.19. The maximum atomic E-state index is 13.3. The highest BCUT2D eigenvalue weighted by Crippen LogP contribution is 2.24. The number of para-hydroxylation sites is 1. The minimum absolute atomic E-state index is 0.109. The Balaban J connectivity index is 2.20. The molecule has 0 saturated heterocycles. The first-order valence-corrected chi connectivity index (χ1v) is 11.2. The van der Waals surface area contributed by atoms with E-state index in [1.54, 1.807) is 62.4 Å². The van der Waals surface area contributed by atoms with E-state index in [1.165, 1.54) is 4.90 Å². The van der Waals surface area contributed by atoms with E-state index in [4.69, 9.17) is 12.6 Å². The van der Waals surface area contributed by atoms with Gasteiger partial charge in [0.15, 0.2) is 0 Å². The normalized spacial score (nSPS) is 12.3. The summed E-state index contributed by atoms with van der Waals surface area (Å²) < 4.78 is 36.1. The first kappa shape index (κ1) is 21.7. The van der Waals surface area contributed by atoms with Gasteiger partial charge in [-0.05, 0) is 63.4 Å². The molecule has 2 aromatic carbocycles. The van der Waals surface area contributed by atoms with Gasteiger partial charge in [-0.2, -0.15) is 0 Å². The second-order valence-electron chi connectivity index (χ2n) is 7.21. The Hall–Kier alpha value is -2.54. The van der Waals surface area contributed by atoms with E-state index in [-0.39, 0.29) is 12.0 Å². The van der Waals surface area contributed by atoms with Crippen LogP contribution in [0.5, 0.6) is 5.75 Å². The van der Waals surface area contributed by atoms with E-state index in [0.717, 1.165) is 11.8 Å². The van der Waals surface area contributed by atoms with Crippen molar-refractivity contribution in [1.82, 2.24) is 4.90 Å². The number of thioether (sulfide) groups is 1. The lowest BCUT2D eigenvalue weighted by molar-refractivity contribution is -0.137. The van der Waals surface area contributed by atoms with Crippen LogP contribution in [-0.2, 0) is 11.3 Å². The average molecular weight is 450 g/mol. The molecular weight excluding hydrogens is 417 g/mol. The van der Waals surface area contributed by atoms with Crippen LogP contribution in [0.15, 0.2) is 53.4 Å². The lowest BCUT2D eigenvalue weighted by atomic mass is 10.1. The maximum absolute atomic E-state index is 13.3. The Bertz CT molecular complexity index is 925. The number of carbonyl (C=O) groups excluding carboxylic acids is 1. The van der Waals surface area contributed by atoms with Crippen LogP contribution in [0.1, 0.15) is 58.2 Å². The first-order chi connectivity index (χ1) is 15.7. The van der Waals surface area contributed by atoms with Crippen LogP contribution in [0.25, 0.3) is 0 Å². The second-order valence-corrected chi connectivity index (χ2v) is 8.19. The molecule has 31 heavy (non-hydrogen) atoms. The highest BCUT2D eigenvalue weighted by atomic mass is 32.2. The zero-order valence-electron chi connectivity index (χ0n) is 19.8. The Morgan fingerprint density at radius 3 is 2.48 bits per heavy atom. The molecule has 1 amide bonds. The molecule has 0 fully saturated rings. The van der Waals surface area contributed by atoms with Gasteiger partial charge in [-0.25, -0.2) is 4.39 Å². The predicted molar refractivity (Wildman–Crippen MR) is 121 cm³/mol. The van der Waals surface area contributed by atoms with Gasteiger partial charge in [-0.15, -0.1) is 0 Å². The maximum Gasteiger partial charge on any atom is 0.303 e. The number of carbonyl (C=O) groups is 2. The molecule has 0 spiro atoms. The molecule has 0 radical (unpaired) electrons. The van der Waals surface area contributed by atoms with Crippen molar-refractivity contribution in [2.45, 2.75) is 57.0 Å². The molecule has 0 heterocycles. The summed E-state index contributed by atoms with van der Waals surface area (Å²) in [6.45, 7) is 1.65. The van der Waals surface area contributed by atoms with Crippen molar-refractivity contribution in [3.8, 4) is 5.75 Å². The van der Waals surface area contributed by atoms with E-state index >= 15 is 0 Å². The molecule has 0 aliphatic carbocycles. The number of alkyl halides is 1. The standard InChI is InChI=1S/C24H30FNO4S/c1-18(2)26(24(29)19-11-13-21(14-12-19)31-17-25)16-20-8-5-6-9-22(20)30-15-7-3-4-10-23(27)28/h5-6,8-9,11-14,18H,3-4,7,10,15-17H2,1-2H3,(H,27,28)/i16D2.